The summed E-state index contributed by atoms with van der Waals surface area (Å²) < 4.78 is 0. The fourth-order valence-corrected chi connectivity index (χ4v) is 2.19. The summed E-state index contributed by atoms with van der Waals surface area (Å²) in [7, 11) is 0. The lowest BCUT2D eigenvalue weighted by Gasteiger charge is -2.16. The molecule has 1 fully saturated rings. The Kier molecular flexibility index (Phi) is 3.33. The van der Waals surface area contributed by atoms with Crippen molar-refractivity contribution in [1.82, 2.24) is 9.97 Å². The van der Waals surface area contributed by atoms with Gasteiger partial charge in [-0.25, -0.2) is 9.97 Å². The number of hydrogen-bond donors (Lipinski definition) is 1. The summed E-state index contributed by atoms with van der Waals surface area (Å²) in [4.78, 5) is 10.4. The smallest absolute Gasteiger partial charge is 0.190 e. The van der Waals surface area contributed by atoms with Gasteiger partial charge in [0.05, 0.1) is 6.10 Å². The Bertz CT molecular complexity index is 363. The number of nitrogens with zero attached hydrogens (tertiary/aromatic N) is 3. The van der Waals surface area contributed by atoms with Gasteiger partial charge >= 0.3 is 0 Å². The minimum Gasteiger partial charge on any atom is -0.391 e. The predicted molar refractivity (Wildman–Crippen MR) is 61.7 cm³/mol. The Labute approximate surface area is 97.7 Å². The molecule has 2 heterocycles. The van der Waals surface area contributed by atoms with Gasteiger partial charge in [0.2, 0.25) is 0 Å². The fraction of sp³-hybridized carbons (Fsp3) is 0.556. The lowest BCUT2D eigenvalue weighted by atomic mass is 10.3. The molecule has 4 nitrogen and oxygen atoms in total. The molecular weight excluding hydrogens is 234 g/mol. The van der Waals surface area contributed by atoms with Crippen molar-refractivity contribution in [3.05, 3.63) is 11.2 Å². The summed E-state index contributed by atoms with van der Waals surface area (Å²) in [5.74, 6) is 0.802. The van der Waals surface area contributed by atoms with Gasteiger partial charge in [-0.2, -0.15) is 0 Å². The monoisotopic (exact) mass is 245 g/mol. The van der Waals surface area contributed by atoms with Gasteiger partial charge in [0.1, 0.15) is 11.0 Å². The van der Waals surface area contributed by atoms with Crippen LogP contribution in [0.1, 0.15) is 6.42 Å². The molecule has 6 heteroatoms. The largest absolute Gasteiger partial charge is 0.391 e. The molecule has 1 N–H and O–H groups in total. The molecule has 0 aliphatic carbocycles. The molecule has 1 aliphatic rings. The van der Waals surface area contributed by atoms with Crippen molar-refractivity contribution < 1.29 is 5.11 Å². The maximum atomic E-state index is 9.43. The minimum absolute atomic E-state index is 0.253. The summed E-state index contributed by atoms with van der Waals surface area (Å²) in [6.45, 7) is 1.45. The maximum absolute atomic E-state index is 9.43. The van der Waals surface area contributed by atoms with Gasteiger partial charge in [0, 0.05) is 19.2 Å². The fourth-order valence-electron chi connectivity index (χ4n) is 1.59. The molecule has 0 unspecified atom stereocenters. The van der Waals surface area contributed by atoms with Crippen LogP contribution in [0, 0.1) is 0 Å². The topological polar surface area (TPSA) is 49.2 Å². The van der Waals surface area contributed by atoms with E-state index in [0.29, 0.717) is 16.9 Å². The van der Waals surface area contributed by atoms with Crippen LogP contribution in [0.2, 0.25) is 5.15 Å². The molecule has 82 valence electrons. The molecular formula is C9H12ClN3OS. The number of aromatic nitrogens is 2. The highest BCUT2D eigenvalue weighted by atomic mass is 35.5. The first-order valence-electron chi connectivity index (χ1n) is 4.70. The van der Waals surface area contributed by atoms with Crippen LogP contribution in [0.25, 0.3) is 0 Å². The number of anilines is 1. The number of aliphatic hydroxyl groups is 1. The molecule has 0 bridgehead atoms. The lowest BCUT2D eigenvalue weighted by molar-refractivity contribution is 0.198. The van der Waals surface area contributed by atoms with Crippen molar-refractivity contribution in [3.63, 3.8) is 0 Å². The van der Waals surface area contributed by atoms with Gasteiger partial charge in [0.15, 0.2) is 5.16 Å². The summed E-state index contributed by atoms with van der Waals surface area (Å²) in [5.41, 5.74) is 0. The van der Waals surface area contributed by atoms with Gasteiger partial charge in [-0.05, 0) is 12.7 Å². The zero-order valence-corrected chi connectivity index (χ0v) is 9.92. The molecule has 0 saturated carbocycles. The minimum atomic E-state index is -0.253. The van der Waals surface area contributed by atoms with E-state index in [1.165, 1.54) is 11.8 Å². The molecule has 0 aromatic carbocycles. The summed E-state index contributed by atoms with van der Waals surface area (Å²) in [5, 5.41) is 10.5. The molecule has 1 atom stereocenters. The van der Waals surface area contributed by atoms with Crippen molar-refractivity contribution in [2.75, 3.05) is 24.2 Å². The van der Waals surface area contributed by atoms with Gasteiger partial charge < -0.3 is 10.0 Å². The number of hydrogen-bond acceptors (Lipinski definition) is 5. The van der Waals surface area contributed by atoms with Crippen molar-refractivity contribution in [2.24, 2.45) is 0 Å². The van der Waals surface area contributed by atoms with Crippen molar-refractivity contribution in [3.8, 4) is 0 Å². The van der Waals surface area contributed by atoms with Crippen LogP contribution in [0.5, 0.6) is 0 Å². The molecule has 0 spiro atoms. The molecule has 2 rings (SSSR count). The summed E-state index contributed by atoms with van der Waals surface area (Å²) in [6, 6.07) is 1.74. The van der Waals surface area contributed by atoms with Crippen LogP contribution in [0.15, 0.2) is 11.2 Å². The first-order chi connectivity index (χ1) is 7.19. The van der Waals surface area contributed by atoms with Crippen LogP contribution in [0.4, 0.5) is 5.82 Å². The Hall–Kier alpha value is -0.520. The molecule has 1 aromatic rings. The number of aliphatic hydroxyl groups excluding tert-OH is 1. The van der Waals surface area contributed by atoms with E-state index in [2.05, 4.69) is 9.97 Å². The van der Waals surface area contributed by atoms with Crippen LogP contribution in [-0.4, -0.2) is 40.5 Å². The van der Waals surface area contributed by atoms with Gasteiger partial charge in [-0.1, -0.05) is 23.4 Å². The predicted octanol–water partition coefficient (Wildman–Crippen LogP) is 1.42. The zero-order chi connectivity index (χ0) is 10.8. The van der Waals surface area contributed by atoms with E-state index in [9.17, 15) is 5.11 Å². The second-order valence-corrected chi connectivity index (χ2v) is 4.58. The normalized spacial score (nSPS) is 21.0. The van der Waals surface area contributed by atoms with Crippen LogP contribution >= 0.6 is 23.4 Å². The molecule has 0 amide bonds. The van der Waals surface area contributed by atoms with E-state index >= 15 is 0 Å². The van der Waals surface area contributed by atoms with Crippen molar-refractivity contribution in [1.29, 1.82) is 0 Å². The number of rotatable bonds is 2. The molecule has 1 saturated heterocycles. The SMILES string of the molecule is CSc1nc(Cl)cc(N2CC[C@@H](O)C2)n1. The third-order valence-corrected chi connectivity index (χ3v) is 3.07. The van der Waals surface area contributed by atoms with Crippen molar-refractivity contribution >= 4 is 29.2 Å². The Morgan fingerprint density at radius 3 is 3.00 bits per heavy atom. The highest BCUT2D eigenvalue weighted by molar-refractivity contribution is 7.98. The Balaban J connectivity index is 2.24. The first kappa shape index (κ1) is 11.0. The van der Waals surface area contributed by atoms with Crippen molar-refractivity contribution in [2.45, 2.75) is 17.7 Å². The quantitative estimate of drug-likeness (QED) is 0.485. The number of β-amino-alcohol motifs (C(OH)–C–C–N with tert-alkyl or cyclic N) is 1. The lowest BCUT2D eigenvalue weighted by Crippen LogP contribution is -2.22. The van der Waals surface area contributed by atoms with E-state index in [1.807, 2.05) is 11.2 Å². The number of thioether (sulfide) groups is 1. The van der Waals surface area contributed by atoms with Crippen LogP contribution in [0.3, 0.4) is 0 Å². The van der Waals surface area contributed by atoms with E-state index in [0.717, 1.165) is 18.8 Å². The van der Waals surface area contributed by atoms with E-state index in [4.69, 9.17) is 11.6 Å². The number of halogens is 1. The van der Waals surface area contributed by atoms with Gasteiger partial charge in [0.25, 0.3) is 0 Å². The second kappa shape index (κ2) is 4.55. The average molecular weight is 246 g/mol. The highest BCUT2D eigenvalue weighted by Crippen LogP contribution is 2.23. The van der Waals surface area contributed by atoms with E-state index < -0.39 is 0 Å². The van der Waals surface area contributed by atoms with Gasteiger partial charge in [-0.3, -0.25) is 0 Å². The summed E-state index contributed by atoms with van der Waals surface area (Å²) in [6.07, 6.45) is 2.45. The van der Waals surface area contributed by atoms with E-state index in [-0.39, 0.29) is 6.10 Å². The van der Waals surface area contributed by atoms with Crippen LogP contribution < -0.4 is 4.90 Å². The van der Waals surface area contributed by atoms with E-state index in [1.54, 1.807) is 6.07 Å². The summed E-state index contributed by atoms with van der Waals surface area (Å²) >= 11 is 7.35. The van der Waals surface area contributed by atoms with Gasteiger partial charge in [-0.15, -0.1) is 0 Å². The second-order valence-electron chi connectivity index (χ2n) is 3.42. The highest BCUT2D eigenvalue weighted by Gasteiger charge is 2.22. The standard InChI is InChI=1S/C9H12ClN3OS/c1-15-9-11-7(10)4-8(12-9)13-3-2-6(14)5-13/h4,6,14H,2-3,5H2,1H3/t6-/m1/s1. The average Bonchev–Trinajstić information content (AvgIpc) is 2.64. The van der Waals surface area contributed by atoms with Crippen LogP contribution in [-0.2, 0) is 0 Å². The molecule has 1 aromatic heterocycles. The third-order valence-electron chi connectivity index (χ3n) is 2.33. The Morgan fingerprint density at radius 2 is 2.40 bits per heavy atom. The molecule has 0 radical (unpaired) electrons. The zero-order valence-electron chi connectivity index (χ0n) is 8.35. The first-order valence-corrected chi connectivity index (χ1v) is 6.31. The maximum Gasteiger partial charge on any atom is 0.190 e. The molecule has 15 heavy (non-hydrogen) atoms. The Morgan fingerprint density at radius 1 is 1.60 bits per heavy atom. The third kappa shape index (κ3) is 2.53. The molecule has 1 aliphatic heterocycles.